The van der Waals surface area contributed by atoms with Gasteiger partial charge in [-0.3, -0.25) is 14.4 Å². The first-order valence-electron chi connectivity index (χ1n) is 27.2. The predicted molar refractivity (Wildman–Crippen MR) is 292 cm³/mol. The maximum absolute atomic E-state index is 12.8. The van der Waals surface area contributed by atoms with Crippen LogP contribution in [0.1, 0.15) is 220 Å². The second-order valence-electron chi connectivity index (χ2n) is 17.5. The minimum Gasteiger partial charge on any atom is -0.462 e. The molecule has 382 valence electrons. The van der Waals surface area contributed by atoms with Crippen LogP contribution < -0.4 is 0 Å². The van der Waals surface area contributed by atoms with Gasteiger partial charge in [0.05, 0.1) is 0 Å². The Hall–Kier alpha value is -4.45. The predicted octanol–water partition coefficient (Wildman–Crippen LogP) is 18.3. The SMILES string of the molecule is CC\C=C/C=C\C=C/C=C\CCCCCCCC(=O)OCC(COC(=O)CC/C=C\C/C=C\C/C=C\C/C=C\C/C=C\C/C=C\CC)OC(=O)CCCCCCC/C=C\CCCCCCCCC. The molecule has 0 fully saturated rings. The molecule has 0 aliphatic heterocycles. The molecule has 0 bridgehead atoms. The van der Waals surface area contributed by atoms with E-state index in [4.69, 9.17) is 14.2 Å². The average molecular weight is 939 g/mol. The van der Waals surface area contributed by atoms with E-state index in [0.29, 0.717) is 19.3 Å². The summed E-state index contributed by atoms with van der Waals surface area (Å²) in [6, 6.07) is 0. The molecule has 0 aromatic carbocycles. The van der Waals surface area contributed by atoms with E-state index >= 15 is 0 Å². The zero-order chi connectivity index (χ0) is 49.3. The van der Waals surface area contributed by atoms with Crippen LogP contribution in [0.3, 0.4) is 0 Å². The normalized spacial score (nSPS) is 13.2. The second-order valence-corrected chi connectivity index (χ2v) is 17.5. The van der Waals surface area contributed by atoms with Crippen molar-refractivity contribution >= 4 is 17.9 Å². The Morgan fingerprint density at radius 3 is 1.16 bits per heavy atom. The summed E-state index contributed by atoms with van der Waals surface area (Å²) in [5.41, 5.74) is 0. The van der Waals surface area contributed by atoms with Crippen molar-refractivity contribution < 1.29 is 28.6 Å². The van der Waals surface area contributed by atoms with Crippen LogP contribution in [0, 0.1) is 0 Å². The van der Waals surface area contributed by atoms with Crippen molar-refractivity contribution in [3.05, 3.63) is 134 Å². The molecule has 0 radical (unpaired) electrons. The van der Waals surface area contributed by atoms with Gasteiger partial charge >= 0.3 is 17.9 Å². The van der Waals surface area contributed by atoms with Crippen LogP contribution in [-0.2, 0) is 28.6 Å². The third kappa shape index (κ3) is 52.5. The summed E-state index contributed by atoms with van der Waals surface area (Å²) in [4.78, 5) is 38.1. The molecule has 0 aliphatic carbocycles. The minimum atomic E-state index is -0.828. The van der Waals surface area contributed by atoms with E-state index in [1.165, 1.54) is 57.8 Å². The lowest BCUT2D eigenvalue weighted by atomic mass is 10.1. The Balaban J connectivity index is 4.57. The van der Waals surface area contributed by atoms with E-state index in [1.807, 2.05) is 36.5 Å². The van der Waals surface area contributed by atoms with Crippen LogP contribution in [0.25, 0.3) is 0 Å². The highest BCUT2D eigenvalue weighted by Gasteiger charge is 2.19. The summed E-state index contributed by atoms with van der Waals surface area (Å²) >= 11 is 0. The maximum Gasteiger partial charge on any atom is 0.306 e. The van der Waals surface area contributed by atoms with Crippen molar-refractivity contribution in [2.24, 2.45) is 0 Å². The van der Waals surface area contributed by atoms with Gasteiger partial charge in [0.25, 0.3) is 0 Å². The second kappa shape index (κ2) is 55.1. The van der Waals surface area contributed by atoms with Crippen molar-refractivity contribution in [3.63, 3.8) is 0 Å². The zero-order valence-electron chi connectivity index (χ0n) is 43.6. The van der Waals surface area contributed by atoms with Crippen molar-refractivity contribution in [2.45, 2.75) is 226 Å². The van der Waals surface area contributed by atoms with E-state index in [9.17, 15) is 14.4 Å². The van der Waals surface area contributed by atoms with Gasteiger partial charge in [0.1, 0.15) is 13.2 Å². The van der Waals surface area contributed by atoms with Crippen LogP contribution in [-0.4, -0.2) is 37.2 Å². The minimum absolute atomic E-state index is 0.122. The molecule has 6 heteroatoms. The molecule has 0 amide bonds. The maximum atomic E-state index is 12.8. The molecule has 0 rings (SSSR count). The molecule has 0 N–H and O–H groups in total. The Morgan fingerprint density at radius 2 is 0.676 bits per heavy atom. The number of esters is 3. The van der Waals surface area contributed by atoms with E-state index < -0.39 is 6.10 Å². The monoisotopic (exact) mass is 939 g/mol. The van der Waals surface area contributed by atoms with Gasteiger partial charge in [0.15, 0.2) is 6.10 Å². The fraction of sp³-hybridized carbons (Fsp3) is 0.597. The number of hydrogen-bond acceptors (Lipinski definition) is 6. The summed E-state index contributed by atoms with van der Waals surface area (Å²) < 4.78 is 16.7. The smallest absolute Gasteiger partial charge is 0.306 e. The zero-order valence-corrected chi connectivity index (χ0v) is 43.6. The van der Waals surface area contributed by atoms with E-state index in [-0.39, 0.29) is 37.5 Å². The molecule has 6 nitrogen and oxygen atoms in total. The molecule has 1 atom stereocenters. The lowest BCUT2D eigenvalue weighted by Crippen LogP contribution is -2.30. The van der Waals surface area contributed by atoms with Crippen molar-refractivity contribution in [1.82, 2.24) is 0 Å². The Morgan fingerprint density at radius 1 is 0.324 bits per heavy atom. The van der Waals surface area contributed by atoms with Gasteiger partial charge < -0.3 is 14.2 Å². The van der Waals surface area contributed by atoms with Gasteiger partial charge in [-0.05, 0) is 103 Å². The molecule has 0 aromatic rings. The van der Waals surface area contributed by atoms with Gasteiger partial charge in [-0.2, -0.15) is 0 Å². The molecule has 0 saturated heterocycles. The number of hydrogen-bond donors (Lipinski definition) is 0. The largest absolute Gasteiger partial charge is 0.462 e. The Kier molecular flexibility index (Phi) is 51.5. The summed E-state index contributed by atoms with van der Waals surface area (Å²) in [7, 11) is 0. The van der Waals surface area contributed by atoms with Crippen molar-refractivity contribution in [3.8, 4) is 0 Å². The van der Waals surface area contributed by atoms with Crippen LogP contribution in [0.2, 0.25) is 0 Å². The van der Waals surface area contributed by atoms with Crippen molar-refractivity contribution in [1.29, 1.82) is 0 Å². The summed E-state index contributed by atoms with van der Waals surface area (Å²) in [5, 5.41) is 0. The molecule has 0 aliphatic rings. The van der Waals surface area contributed by atoms with Crippen LogP contribution in [0.5, 0.6) is 0 Å². The molecule has 0 saturated carbocycles. The van der Waals surface area contributed by atoms with Gasteiger partial charge in [-0.15, -0.1) is 0 Å². The topological polar surface area (TPSA) is 78.9 Å². The van der Waals surface area contributed by atoms with E-state index in [1.54, 1.807) is 0 Å². The molecular weight excluding hydrogens is 841 g/mol. The highest BCUT2D eigenvalue weighted by atomic mass is 16.6. The quantitative estimate of drug-likeness (QED) is 0.0199. The number of ether oxygens (including phenoxy) is 3. The first-order valence-corrected chi connectivity index (χ1v) is 27.2. The van der Waals surface area contributed by atoms with Crippen LogP contribution in [0.4, 0.5) is 0 Å². The standard InChI is InChI=1S/C62H98O6/c1-4-7-10-13-16-19-22-25-28-30-31-32-35-37-40-43-46-49-52-55-61(64)67-58-59(57-66-60(63)54-51-48-45-42-39-36-33-27-24-21-18-15-12-9-6-3)68-62(65)56-53-50-47-44-41-38-34-29-26-23-20-17-14-11-8-5-2/h7,9-10,12,15-16,18-19,21,24-25,27-29,31-34,37,40,46,49,59H,4-6,8,11,13-14,17,20,22-23,26,30,35-36,38-39,41-45,47-48,50-58H2,1-3H3/b10-7-,12-9-,18-15-,19-16-,24-21-,28-25-,32-31-,33-27-,34-29-,40-37-,49-46-. The molecule has 1 unspecified atom stereocenters. The van der Waals surface area contributed by atoms with Gasteiger partial charge in [-0.1, -0.05) is 231 Å². The number of unbranched alkanes of at least 4 members (excludes halogenated alkanes) is 17. The molecule has 0 aromatic heterocycles. The van der Waals surface area contributed by atoms with Gasteiger partial charge in [0, 0.05) is 19.3 Å². The molecule has 68 heavy (non-hydrogen) atoms. The first-order chi connectivity index (χ1) is 33.5. The van der Waals surface area contributed by atoms with Crippen LogP contribution in [0.15, 0.2) is 134 Å². The number of carbonyl (C=O) groups is 3. The molecule has 0 spiro atoms. The fourth-order valence-corrected chi connectivity index (χ4v) is 6.94. The first kappa shape index (κ1) is 63.6. The summed E-state index contributed by atoms with van der Waals surface area (Å²) in [5.74, 6) is -1.04. The highest BCUT2D eigenvalue weighted by molar-refractivity contribution is 5.71. The average Bonchev–Trinajstić information content (AvgIpc) is 3.34. The number of allylic oxidation sites excluding steroid dienone is 22. The van der Waals surface area contributed by atoms with E-state index in [0.717, 1.165) is 116 Å². The lowest BCUT2D eigenvalue weighted by Gasteiger charge is -2.18. The van der Waals surface area contributed by atoms with Gasteiger partial charge in [0.2, 0.25) is 0 Å². The van der Waals surface area contributed by atoms with Gasteiger partial charge in [-0.25, -0.2) is 0 Å². The number of rotatable bonds is 47. The third-order valence-corrected chi connectivity index (χ3v) is 11.0. The highest BCUT2D eigenvalue weighted by Crippen LogP contribution is 2.13. The van der Waals surface area contributed by atoms with Crippen molar-refractivity contribution in [2.75, 3.05) is 13.2 Å². The Bertz CT molecular complexity index is 1500. The molecular formula is C62H98O6. The lowest BCUT2D eigenvalue weighted by molar-refractivity contribution is -0.166. The summed E-state index contributed by atoms with van der Waals surface area (Å²) in [6.45, 7) is 6.28. The van der Waals surface area contributed by atoms with E-state index in [2.05, 4.69) is 118 Å². The fourth-order valence-electron chi connectivity index (χ4n) is 6.94. The summed E-state index contributed by atoms with van der Waals surface area (Å²) in [6.07, 6.45) is 77.3. The van der Waals surface area contributed by atoms with Crippen LogP contribution >= 0.6 is 0 Å². The molecule has 0 heterocycles. The Labute approximate surface area is 417 Å². The number of carbonyl (C=O) groups excluding carboxylic acids is 3. The third-order valence-electron chi connectivity index (χ3n) is 11.0.